The highest BCUT2D eigenvalue weighted by atomic mass is 35.7. The largest absolute Gasteiger partial charge is 0.397 e. The van der Waals surface area contributed by atoms with Gasteiger partial charge < -0.3 is 5.73 Å². The first-order valence-electron chi connectivity index (χ1n) is 3.52. The number of rotatable bonds is 2. The summed E-state index contributed by atoms with van der Waals surface area (Å²) in [4.78, 5) is -1.19. The summed E-state index contributed by atoms with van der Waals surface area (Å²) in [7, 11) is 1.71. The zero-order chi connectivity index (χ0) is 12.7. The maximum atomic E-state index is 11.1. The normalized spacial score (nSPS) is 12.7. The second-order valence-corrected chi connectivity index (χ2v) is 8.20. The minimum Gasteiger partial charge on any atom is -0.397 e. The van der Waals surface area contributed by atoms with Crippen molar-refractivity contribution in [3.63, 3.8) is 0 Å². The van der Waals surface area contributed by atoms with Gasteiger partial charge in [-0.3, -0.25) is 0 Å². The molecule has 0 bridgehead atoms. The molecule has 1 aromatic carbocycles. The van der Waals surface area contributed by atoms with Crippen molar-refractivity contribution in [2.45, 2.75) is 9.79 Å². The van der Waals surface area contributed by atoms with Crippen LogP contribution in [0.15, 0.2) is 21.9 Å². The Labute approximate surface area is 106 Å². The molecule has 0 aliphatic heterocycles. The predicted molar refractivity (Wildman–Crippen MR) is 61.9 cm³/mol. The van der Waals surface area contributed by atoms with Crippen LogP contribution in [-0.4, -0.2) is 16.8 Å². The average Bonchev–Trinajstić information content (AvgIpc) is 2.04. The standard InChI is InChI=1S/C6H4Cl3NO4S2/c7-3-1-4(15(8,11)12)6(10)5(2-3)16(9,13)14/h1-2H,10H2. The van der Waals surface area contributed by atoms with E-state index in [9.17, 15) is 16.8 Å². The highest BCUT2D eigenvalue weighted by Crippen LogP contribution is 2.33. The molecule has 0 aliphatic carbocycles. The highest BCUT2D eigenvalue weighted by Gasteiger charge is 2.23. The third-order valence-electron chi connectivity index (χ3n) is 1.59. The zero-order valence-corrected chi connectivity index (χ0v) is 11.2. The summed E-state index contributed by atoms with van der Waals surface area (Å²) in [5, 5.41) is -0.160. The molecule has 0 saturated carbocycles. The Bertz CT molecular complexity index is 585. The van der Waals surface area contributed by atoms with Crippen molar-refractivity contribution < 1.29 is 16.8 Å². The van der Waals surface area contributed by atoms with Gasteiger partial charge >= 0.3 is 0 Å². The van der Waals surface area contributed by atoms with E-state index in [1.807, 2.05) is 0 Å². The van der Waals surface area contributed by atoms with Gasteiger partial charge in [0.15, 0.2) is 0 Å². The van der Waals surface area contributed by atoms with Gasteiger partial charge in [-0.15, -0.1) is 0 Å². The fourth-order valence-corrected chi connectivity index (χ4v) is 3.43. The topological polar surface area (TPSA) is 94.3 Å². The summed E-state index contributed by atoms with van der Waals surface area (Å²) >= 11 is 5.53. The number of nitrogens with two attached hydrogens (primary N) is 1. The molecule has 2 N–H and O–H groups in total. The molecule has 5 nitrogen and oxygen atoms in total. The van der Waals surface area contributed by atoms with Crippen molar-refractivity contribution in [3.05, 3.63) is 17.2 Å². The molecule has 90 valence electrons. The number of hydrogen-bond donors (Lipinski definition) is 1. The van der Waals surface area contributed by atoms with E-state index in [0.717, 1.165) is 12.1 Å². The van der Waals surface area contributed by atoms with Crippen LogP contribution in [-0.2, 0) is 18.1 Å². The second kappa shape index (κ2) is 4.23. The maximum Gasteiger partial charge on any atom is 0.263 e. The first kappa shape index (κ1) is 13.9. The van der Waals surface area contributed by atoms with Crippen molar-refractivity contribution in [2.24, 2.45) is 0 Å². The Kier molecular flexibility index (Phi) is 3.66. The van der Waals surface area contributed by atoms with Crippen LogP contribution in [0.2, 0.25) is 5.02 Å². The van der Waals surface area contributed by atoms with Gasteiger partial charge in [0.05, 0.1) is 5.69 Å². The van der Waals surface area contributed by atoms with Gasteiger partial charge in [0.2, 0.25) is 0 Å². The van der Waals surface area contributed by atoms with Crippen LogP contribution >= 0.6 is 33.0 Å². The number of anilines is 1. The van der Waals surface area contributed by atoms with Crippen LogP contribution in [0.3, 0.4) is 0 Å². The van der Waals surface area contributed by atoms with Crippen LogP contribution in [0, 0.1) is 0 Å². The van der Waals surface area contributed by atoms with E-state index in [1.165, 1.54) is 0 Å². The molecular formula is C6H4Cl3NO4S2. The minimum absolute atomic E-state index is 0.160. The van der Waals surface area contributed by atoms with Gasteiger partial charge in [-0.1, -0.05) is 11.6 Å². The molecule has 0 amide bonds. The number of hydrogen-bond acceptors (Lipinski definition) is 5. The van der Waals surface area contributed by atoms with Gasteiger partial charge in [0.1, 0.15) is 9.79 Å². The summed E-state index contributed by atoms with van der Waals surface area (Å²) in [5.74, 6) is 0. The third-order valence-corrected chi connectivity index (χ3v) is 4.54. The lowest BCUT2D eigenvalue weighted by molar-refractivity contribution is 0.608. The molecule has 1 aromatic rings. The Morgan fingerprint density at radius 2 is 1.25 bits per heavy atom. The summed E-state index contributed by atoms with van der Waals surface area (Å²) in [6.45, 7) is 0. The third kappa shape index (κ3) is 2.92. The number of nitrogen functional groups attached to an aromatic ring is 1. The molecule has 16 heavy (non-hydrogen) atoms. The molecule has 0 heterocycles. The molecule has 0 aromatic heterocycles. The van der Waals surface area contributed by atoms with Gasteiger partial charge in [-0.25, -0.2) is 16.8 Å². The molecule has 0 saturated heterocycles. The van der Waals surface area contributed by atoms with Gasteiger partial charge in [-0.2, -0.15) is 0 Å². The summed E-state index contributed by atoms with van der Waals surface area (Å²) in [6.07, 6.45) is 0. The van der Waals surface area contributed by atoms with Crippen molar-refractivity contribution in [2.75, 3.05) is 5.73 Å². The fraction of sp³-hybridized carbons (Fsp3) is 0. The van der Waals surface area contributed by atoms with Crippen LogP contribution in [0.4, 0.5) is 5.69 Å². The number of benzene rings is 1. The Hall–Kier alpha value is -0.210. The molecule has 1 rings (SSSR count). The Morgan fingerprint density at radius 3 is 1.50 bits per heavy atom. The Morgan fingerprint density at radius 1 is 0.938 bits per heavy atom. The summed E-state index contributed by atoms with van der Waals surface area (Å²) in [5.41, 5.74) is 4.78. The van der Waals surface area contributed by atoms with E-state index in [-0.39, 0.29) is 5.02 Å². The van der Waals surface area contributed by atoms with Crippen LogP contribution in [0.1, 0.15) is 0 Å². The van der Waals surface area contributed by atoms with E-state index in [2.05, 4.69) is 0 Å². The molecule has 0 fully saturated rings. The van der Waals surface area contributed by atoms with Crippen LogP contribution < -0.4 is 5.73 Å². The monoisotopic (exact) mass is 323 g/mol. The van der Waals surface area contributed by atoms with Gasteiger partial charge in [-0.05, 0) is 12.1 Å². The molecule has 0 spiro atoms. The average molecular weight is 325 g/mol. The highest BCUT2D eigenvalue weighted by molar-refractivity contribution is 8.14. The van der Waals surface area contributed by atoms with Gasteiger partial charge in [0, 0.05) is 26.4 Å². The van der Waals surface area contributed by atoms with Crippen molar-refractivity contribution in [1.82, 2.24) is 0 Å². The lowest BCUT2D eigenvalue weighted by atomic mass is 10.3. The summed E-state index contributed by atoms with van der Waals surface area (Å²) < 4.78 is 44.3. The van der Waals surface area contributed by atoms with E-state index in [4.69, 9.17) is 38.7 Å². The van der Waals surface area contributed by atoms with Crippen molar-refractivity contribution in [3.8, 4) is 0 Å². The molecule has 0 radical (unpaired) electrons. The molecule has 10 heteroatoms. The summed E-state index contributed by atoms with van der Waals surface area (Å²) in [6, 6.07) is 1.87. The molecule has 0 unspecified atom stereocenters. The molecule has 0 atom stereocenters. The lowest BCUT2D eigenvalue weighted by Crippen LogP contribution is -2.04. The first-order valence-corrected chi connectivity index (χ1v) is 8.51. The minimum atomic E-state index is -4.20. The van der Waals surface area contributed by atoms with E-state index >= 15 is 0 Å². The Balaban J connectivity index is 3.78. The van der Waals surface area contributed by atoms with E-state index < -0.39 is 33.6 Å². The quantitative estimate of drug-likeness (QED) is 0.661. The van der Waals surface area contributed by atoms with Gasteiger partial charge in [0.25, 0.3) is 18.1 Å². The van der Waals surface area contributed by atoms with Crippen molar-refractivity contribution in [1.29, 1.82) is 0 Å². The second-order valence-electron chi connectivity index (χ2n) is 2.69. The predicted octanol–water partition coefficient (Wildman–Crippen LogP) is 1.78. The van der Waals surface area contributed by atoms with Crippen molar-refractivity contribution >= 4 is 56.8 Å². The first-order chi connectivity index (χ1) is 7.03. The van der Waals surface area contributed by atoms with E-state index in [0.29, 0.717) is 0 Å². The maximum absolute atomic E-state index is 11.1. The zero-order valence-electron chi connectivity index (χ0n) is 7.32. The fourth-order valence-electron chi connectivity index (χ4n) is 0.973. The SMILES string of the molecule is Nc1c(S(=O)(=O)Cl)cc(Cl)cc1S(=O)(=O)Cl. The smallest absolute Gasteiger partial charge is 0.263 e. The molecular weight excluding hydrogens is 321 g/mol. The van der Waals surface area contributed by atoms with Crippen LogP contribution in [0.5, 0.6) is 0 Å². The lowest BCUT2D eigenvalue weighted by Gasteiger charge is -2.07. The number of halogens is 3. The van der Waals surface area contributed by atoms with Crippen LogP contribution in [0.25, 0.3) is 0 Å². The van der Waals surface area contributed by atoms with E-state index in [1.54, 1.807) is 0 Å². The molecule has 0 aliphatic rings.